The first-order valence-electron chi connectivity index (χ1n) is 7.11. The van der Waals surface area contributed by atoms with E-state index in [0.717, 1.165) is 0 Å². The van der Waals surface area contributed by atoms with Crippen molar-refractivity contribution in [3.63, 3.8) is 0 Å². The maximum atomic E-state index is 12.3. The van der Waals surface area contributed by atoms with Crippen molar-refractivity contribution in [3.05, 3.63) is 63.7 Å². The minimum atomic E-state index is -2.98. The Bertz CT molecular complexity index is 825. The average molecular weight is 365 g/mol. The van der Waals surface area contributed by atoms with Crippen LogP contribution in [0, 0.1) is 10.1 Å². The molecule has 0 aliphatic rings. The largest absolute Gasteiger partial charge is 0.493 e. The molecule has 0 atom stereocenters. The van der Waals surface area contributed by atoms with Crippen LogP contribution in [-0.4, -0.2) is 30.8 Å². The van der Waals surface area contributed by atoms with Crippen LogP contribution in [-0.2, 0) is 0 Å². The van der Waals surface area contributed by atoms with Gasteiger partial charge >= 0.3 is 6.61 Å². The molecule has 136 valence electrons. The lowest BCUT2D eigenvalue weighted by molar-refractivity contribution is -0.384. The first kappa shape index (κ1) is 18.8. The van der Waals surface area contributed by atoms with Crippen molar-refractivity contribution >= 4 is 17.8 Å². The van der Waals surface area contributed by atoms with Crippen LogP contribution in [0.15, 0.2) is 47.6 Å². The van der Waals surface area contributed by atoms with Gasteiger partial charge in [-0.25, -0.2) is 5.43 Å². The smallest absolute Gasteiger partial charge is 0.387 e. The zero-order chi connectivity index (χ0) is 19.1. The van der Waals surface area contributed by atoms with Crippen molar-refractivity contribution in [1.29, 1.82) is 0 Å². The van der Waals surface area contributed by atoms with Gasteiger partial charge in [0.1, 0.15) is 0 Å². The quantitative estimate of drug-likeness (QED) is 0.462. The van der Waals surface area contributed by atoms with E-state index < -0.39 is 17.4 Å². The zero-order valence-corrected chi connectivity index (χ0v) is 13.4. The second-order valence-corrected chi connectivity index (χ2v) is 4.79. The van der Waals surface area contributed by atoms with Gasteiger partial charge in [0.2, 0.25) is 0 Å². The van der Waals surface area contributed by atoms with Crippen LogP contribution in [0.25, 0.3) is 0 Å². The molecule has 0 saturated heterocycles. The van der Waals surface area contributed by atoms with Gasteiger partial charge in [0, 0.05) is 17.7 Å². The molecule has 0 radical (unpaired) electrons. The third kappa shape index (κ3) is 4.97. The first-order chi connectivity index (χ1) is 12.4. The molecule has 0 aliphatic carbocycles. The van der Waals surface area contributed by atoms with Gasteiger partial charge in [0.05, 0.1) is 18.2 Å². The molecule has 0 aromatic heterocycles. The summed E-state index contributed by atoms with van der Waals surface area (Å²) in [6.07, 6.45) is 1.28. The number of nitro groups is 1. The minimum Gasteiger partial charge on any atom is -0.493 e. The molecule has 0 unspecified atom stereocenters. The Kier molecular flexibility index (Phi) is 6.15. The van der Waals surface area contributed by atoms with E-state index in [1.165, 1.54) is 55.8 Å². The van der Waals surface area contributed by atoms with Gasteiger partial charge < -0.3 is 9.47 Å². The number of carbonyl (C=O) groups excluding carboxylic acids is 1. The highest BCUT2D eigenvalue weighted by Gasteiger charge is 2.11. The van der Waals surface area contributed by atoms with E-state index in [1.54, 1.807) is 0 Å². The van der Waals surface area contributed by atoms with E-state index in [9.17, 15) is 23.7 Å². The molecule has 10 heteroatoms. The van der Waals surface area contributed by atoms with E-state index in [-0.39, 0.29) is 22.7 Å². The van der Waals surface area contributed by atoms with Crippen molar-refractivity contribution in [3.8, 4) is 11.5 Å². The Labute approximate surface area is 146 Å². The fraction of sp³-hybridized carbons (Fsp3) is 0.125. The highest BCUT2D eigenvalue weighted by atomic mass is 19.3. The number of amides is 1. The van der Waals surface area contributed by atoms with Crippen molar-refractivity contribution in [2.75, 3.05) is 7.11 Å². The molecule has 1 N–H and O–H groups in total. The number of benzene rings is 2. The number of ether oxygens (including phenoxy) is 2. The predicted octanol–water partition coefficient (Wildman–Crippen LogP) is 2.97. The predicted molar refractivity (Wildman–Crippen MR) is 87.8 cm³/mol. The number of alkyl halides is 2. The zero-order valence-electron chi connectivity index (χ0n) is 13.4. The molecular weight excluding hydrogens is 352 g/mol. The molecule has 1 amide bonds. The van der Waals surface area contributed by atoms with E-state index in [4.69, 9.17) is 4.74 Å². The fourth-order valence-corrected chi connectivity index (χ4v) is 1.92. The molecule has 0 fully saturated rings. The van der Waals surface area contributed by atoms with Gasteiger partial charge in [-0.1, -0.05) is 0 Å². The van der Waals surface area contributed by atoms with E-state index in [1.807, 2.05) is 0 Å². The number of nitrogens with zero attached hydrogens (tertiary/aromatic N) is 2. The minimum absolute atomic E-state index is 0.0796. The van der Waals surface area contributed by atoms with Gasteiger partial charge in [-0.05, 0) is 35.9 Å². The number of methoxy groups -OCH3 is 1. The van der Waals surface area contributed by atoms with E-state index >= 15 is 0 Å². The lowest BCUT2D eigenvalue weighted by Crippen LogP contribution is -2.17. The summed E-state index contributed by atoms with van der Waals surface area (Å²) >= 11 is 0. The van der Waals surface area contributed by atoms with E-state index in [2.05, 4.69) is 15.3 Å². The molecule has 0 saturated carbocycles. The molecule has 2 rings (SSSR count). The number of carbonyl (C=O) groups is 1. The highest BCUT2D eigenvalue weighted by molar-refractivity contribution is 5.95. The van der Waals surface area contributed by atoms with Gasteiger partial charge in [0.25, 0.3) is 11.6 Å². The first-order valence-corrected chi connectivity index (χ1v) is 7.11. The SMILES string of the molecule is COc1cc(/C=N\NC(=O)c2ccc([N+](=O)[O-])cc2)ccc1OC(F)F. The second-order valence-electron chi connectivity index (χ2n) is 4.79. The van der Waals surface area contributed by atoms with Crippen molar-refractivity contribution in [2.45, 2.75) is 6.61 Å². The summed E-state index contributed by atoms with van der Waals surface area (Å²) in [6.45, 7) is -2.98. The molecular formula is C16H13F2N3O5. The summed E-state index contributed by atoms with van der Waals surface area (Å²) < 4.78 is 33.8. The Morgan fingerprint density at radius 2 is 1.92 bits per heavy atom. The van der Waals surface area contributed by atoms with Crippen molar-refractivity contribution in [1.82, 2.24) is 5.43 Å². The monoisotopic (exact) mass is 365 g/mol. The summed E-state index contributed by atoms with van der Waals surface area (Å²) in [5.41, 5.74) is 2.76. The number of hydrogen-bond acceptors (Lipinski definition) is 6. The Morgan fingerprint density at radius 1 is 1.23 bits per heavy atom. The highest BCUT2D eigenvalue weighted by Crippen LogP contribution is 2.28. The van der Waals surface area contributed by atoms with Crippen LogP contribution in [0.1, 0.15) is 15.9 Å². The van der Waals surface area contributed by atoms with Gasteiger partial charge in [-0.15, -0.1) is 0 Å². The molecule has 8 nitrogen and oxygen atoms in total. The summed E-state index contributed by atoms with van der Waals surface area (Å²) in [7, 11) is 1.30. The topological polar surface area (TPSA) is 103 Å². The third-order valence-corrected chi connectivity index (χ3v) is 3.12. The number of rotatable bonds is 7. The van der Waals surface area contributed by atoms with Gasteiger partial charge in [0.15, 0.2) is 11.5 Å². The van der Waals surface area contributed by atoms with Crippen LogP contribution in [0.3, 0.4) is 0 Å². The van der Waals surface area contributed by atoms with E-state index in [0.29, 0.717) is 5.56 Å². The normalized spacial score (nSPS) is 10.8. The molecule has 26 heavy (non-hydrogen) atoms. The number of hydrazone groups is 1. The van der Waals surface area contributed by atoms with Crippen LogP contribution in [0.2, 0.25) is 0 Å². The summed E-state index contributed by atoms with van der Waals surface area (Å²) in [5.74, 6) is -0.619. The number of nitro benzene ring substituents is 1. The maximum absolute atomic E-state index is 12.3. The van der Waals surface area contributed by atoms with Gasteiger partial charge in [-0.2, -0.15) is 13.9 Å². The Hall–Kier alpha value is -3.56. The summed E-state index contributed by atoms with van der Waals surface area (Å²) in [6, 6.07) is 9.12. The molecule has 0 bridgehead atoms. The number of non-ortho nitro benzene ring substituents is 1. The number of hydrogen-bond donors (Lipinski definition) is 1. The fourth-order valence-electron chi connectivity index (χ4n) is 1.92. The van der Waals surface area contributed by atoms with Crippen molar-refractivity contribution in [2.24, 2.45) is 5.10 Å². The molecule has 2 aromatic carbocycles. The second kappa shape index (κ2) is 8.51. The lowest BCUT2D eigenvalue weighted by atomic mass is 10.2. The summed E-state index contributed by atoms with van der Waals surface area (Å²) in [4.78, 5) is 21.9. The molecule has 0 heterocycles. The van der Waals surface area contributed by atoms with Crippen molar-refractivity contribution < 1.29 is 28.0 Å². The lowest BCUT2D eigenvalue weighted by Gasteiger charge is -2.09. The van der Waals surface area contributed by atoms with Gasteiger partial charge in [-0.3, -0.25) is 14.9 Å². The molecule has 0 spiro atoms. The average Bonchev–Trinajstić information content (AvgIpc) is 2.62. The third-order valence-electron chi connectivity index (χ3n) is 3.12. The maximum Gasteiger partial charge on any atom is 0.387 e. The number of halogens is 2. The summed E-state index contributed by atoms with van der Waals surface area (Å²) in [5, 5.41) is 14.3. The standard InChI is InChI=1S/C16H13F2N3O5/c1-25-14-8-10(2-7-13(14)26-16(17)18)9-19-20-15(22)11-3-5-12(6-4-11)21(23)24/h2-9,16H,1H3,(H,20,22)/b19-9-. The Balaban J connectivity index is 2.03. The van der Waals surface area contributed by atoms with Crippen LogP contribution in [0.4, 0.5) is 14.5 Å². The molecule has 2 aromatic rings. The number of nitrogens with one attached hydrogen (secondary N) is 1. The van der Waals surface area contributed by atoms with Crippen LogP contribution >= 0.6 is 0 Å². The Morgan fingerprint density at radius 3 is 2.50 bits per heavy atom. The van der Waals surface area contributed by atoms with Crippen LogP contribution in [0.5, 0.6) is 11.5 Å². The molecule has 0 aliphatic heterocycles. The van der Waals surface area contributed by atoms with Crippen LogP contribution < -0.4 is 14.9 Å².